The number of ether oxygens (including phenoxy) is 1. The Balaban J connectivity index is 0.00000103. The van der Waals surface area contributed by atoms with Gasteiger partial charge in [-0.2, -0.15) is 5.10 Å². The highest BCUT2D eigenvalue weighted by Gasteiger charge is 2.33. The molecular formula is C30H40ClN5O4. The second-order valence-electron chi connectivity index (χ2n) is 11.0. The number of rotatable bonds is 6. The lowest BCUT2D eigenvalue weighted by atomic mass is 10.1. The number of aryl methyl sites for hydroxylation is 2. The van der Waals surface area contributed by atoms with Crippen LogP contribution in [0.25, 0.3) is 0 Å². The minimum Gasteiger partial charge on any atom is -0.481 e. The number of aliphatic carboxylic acids is 1. The van der Waals surface area contributed by atoms with E-state index < -0.39 is 11.7 Å². The summed E-state index contributed by atoms with van der Waals surface area (Å²) in [7, 11) is 1.88. The van der Waals surface area contributed by atoms with E-state index in [4.69, 9.17) is 26.2 Å². The first-order valence-electron chi connectivity index (χ1n) is 13.3. The maximum atomic E-state index is 13.9. The number of hydrogen-bond acceptors (Lipinski definition) is 6. The molecule has 1 amide bonds. The normalized spacial score (nSPS) is 12.8. The summed E-state index contributed by atoms with van der Waals surface area (Å²) >= 11 is 6.70. The van der Waals surface area contributed by atoms with Gasteiger partial charge in [0.25, 0.3) is 11.9 Å². The number of carboxylic acid groups (broad SMARTS) is 1. The molecule has 0 radical (unpaired) electrons. The molecule has 0 aliphatic carbocycles. The van der Waals surface area contributed by atoms with Gasteiger partial charge in [-0.05, 0) is 84.4 Å². The van der Waals surface area contributed by atoms with Gasteiger partial charge in [0.05, 0.1) is 34.7 Å². The van der Waals surface area contributed by atoms with Crippen molar-refractivity contribution >= 4 is 40.7 Å². The van der Waals surface area contributed by atoms with Crippen LogP contribution in [0.4, 0.5) is 17.2 Å². The van der Waals surface area contributed by atoms with E-state index in [0.29, 0.717) is 35.0 Å². The first kappa shape index (κ1) is 31.0. The predicted molar refractivity (Wildman–Crippen MR) is 160 cm³/mol. The molecule has 0 unspecified atom stereocenters. The SMILES string of the molecule is CC(=O)O.Cc1ccc2c(c1)Nc1c(cnn1C)CN2C(=O)c1ccc(OC(C)(C)N(C(C)C)C(C)C)cc1Cl. The summed E-state index contributed by atoms with van der Waals surface area (Å²) in [4.78, 5) is 26.9. The number of nitrogens with zero attached hydrogens (tertiary/aromatic N) is 4. The molecule has 0 spiro atoms. The van der Waals surface area contributed by atoms with E-state index in [2.05, 4.69) is 56.9 Å². The van der Waals surface area contributed by atoms with Crippen LogP contribution in [-0.2, 0) is 18.4 Å². The van der Waals surface area contributed by atoms with Gasteiger partial charge < -0.3 is 20.1 Å². The van der Waals surface area contributed by atoms with E-state index in [0.717, 1.165) is 35.2 Å². The maximum Gasteiger partial charge on any atom is 0.300 e. The second kappa shape index (κ2) is 12.3. The fourth-order valence-corrected chi connectivity index (χ4v) is 5.62. The molecule has 0 saturated carbocycles. The Bertz CT molecular complexity index is 1370. The topological polar surface area (TPSA) is 99.9 Å². The third-order valence-electron chi connectivity index (χ3n) is 6.56. The predicted octanol–water partition coefficient (Wildman–Crippen LogP) is 6.61. The van der Waals surface area contributed by atoms with Crippen LogP contribution in [0.5, 0.6) is 5.75 Å². The summed E-state index contributed by atoms with van der Waals surface area (Å²) in [5, 5.41) is 15.6. The zero-order chi connectivity index (χ0) is 29.9. The smallest absolute Gasteiger partial charge is 0.300 e. The number of hydrogen-bond donors (Lipinski definition) is 2. The Morgan fingerprint density at radius 2 is 1.75 bits per heavy atom. The summed E-state index contributed by atoms with van der Waals surface area (Å²) in [5.41, 5.74) is 3.54. The highest BCUT2D eigenvalue weighted by Crippen LogP contribution is 2.38. The van der Waals surface area contributed by atoms with E-state index in [1.54, 1.807) is 27.9 Å². The molecule has 1 aliphatic rings. The summed E-state index contributed by atoms with van der Waals surface area (Å²) < 4.78 is 8.17. The van der Waals surface area contributed by atoms with Crippen LogP contribution in [0, 0.1) is 6.92 Å². The molecule has 216 valence electrons. The molecule has 1 aromatic heterocycles. The molecule has 0 atom stereocenters. The van der Waals surface area contributed by atoms with Gasteiger partial charge in [0.2, 0.25) is 0 Å². The Morgan fingerprint density at radius 3 is 2.33 bits per heavy atom. The molecule has 1 aliphatic heterocycles. The van der Waals surface area contributed by atoms with Crippen molar-refractivity contribution in [2.45, 2.75) is 79.7 Å². The molecule has 9 nitrogen and oxygen atoms in total. The summed E-state index contributed by atoms with van der Waals surface area (Å²) in [6.07, 6.45) is 1.79. The molecule has 0 bridgehead atoms. The van der Waals surface area contributed by atoms with Crippen LogP contribution in [-0.4, -0.2) is 49.5 Å². The minimum atomic E-state index is -0.833. The Labute approximate surface area is 241 Å². The van der Waals surface area contributed by atoms with Crippen molar-refractivity contribution in [1.82, 2.24) is 14.7 Å². The number of benzene rings is 2. The van der Waals surface area contributed by atoms with Gasteiger partial charge >= 0.3 is 0 Å². The van der Waals surface area contributed by atoms with E-state index in [1.807, 2.05) is 38.2 Å². The molecule has 3 aromatic rings. The summed E-state index contributed by atoms with van der Waals surface area (Å²) in [6.45, 7) is 16.2. The maximum absolute atomic E-state index is 13.9. The Hall–Kier alpha value is -3.56. The first-order valence-corrected chi connectivity index (χ1v) is 13.7. The zero-order valence-electron chi connectivity index (χ0n) is 24.7. The van der Waals surface area contributed by atoms with Crippen molar-refractivity contribution in [3.05, 3.63) is 64.3 Å². The standard InChI is InChI=1S/C28H36ClN5O2.C2H4O2/c1-17(2)34(18(3)4)28(6,7)36-21-10-11-22(23(29)14-21)27(35)33-16-20-15-30-32(8)26(20)31-24-13-19(5)9-12-25(24)33;1-2(3)4/h9-15,17-18,31H,16H2,1-8H3;1H3,(H,3,4). The van der Waals surface area contributed by atoms with Crippen LogP contribution in [0.2, 0.25) is 5.02 Å². The van der Waals surface area contributed by atoms with Crippen molar-refractivity contribution in [1.29, 1.82) is 0 Å². The monoisotopic (exact) mass is 569 g/mol. The highest BCUT2D eigenvalue weighted by molar-refractivity contribution is 6.34. The largest absolute Gasteiger partial charge is 0.481 e. The number of halogens is 1. The number of carbonyl (C=O) groups excluding carboxylic acids is 1. The van der Waals surface area contributed by atoms with Crippen molar-refractivity contribution in [3.8, 4) is 5.75 Å². The van der Waals surface area contributed by atoms with Gasteiger partial charge in [-0.25, -0.2) is 0 Å². The molecule has 4 rings (SSSR count). The van der Waals surface area contributed by atoms with Crippen LogP contribution in [0.1, 0.15) is 70.0 Å². The van der Waals surface area contributed by atoms with E-state index in [9.17, 15) is 4.79 Å². The first-order chi connectivity index (χ1) is 18.6. The average molecular weight is 570 g/mol. The number of amides is 1. The number of nitrogens with one attached hydrogen (secondary N) is 1. The Kier molecular flexibility index (Phi) is 9.53. The van der Waals surface area contributed by atoms with Gasteiger partial charge in [0.1, 0.15) is 11.6 Å². The molecule has 2 heterocycles. The van der Waals surface area contributed by atoms with Gasteiger partial charge in [-0.3, -0.25) is 19.2 Å². The van der Waals surface area contributed by atoms with Crippen LogP contribution >= 0.6 is 11.6 Å². The van der Waals surface area contributed by atoms with Crippen LogP contribution in [0.3, 0.4) is 0 Å². The molecule has 0 fully saturated rings. The number of carbonyl (C=O) groups is 2. The molecule has 0 saturated heterocycles. The summed E-state index contributed by atoms with van der Waals surface area (Å²) in [6, 6.07) is 11.9. The summed E-state index contributed by atoms with van der Waals surface area (Å²) in [5.74, 6) is 0.477. The van der Waals surface area contributed by atoms with Gasteiger partial charge in [-0.15, -0.1) is 0 Å². The van der Waals surface area contributed by atoms with E-state index >= 15 is 0 Å². The number of aromatic nitrogens is 2. The van der Waals surface area contributed by atoms with Crippen LogP contribution < -0.4 is 15.0 Å². The van der Waals surface area contributed by atoms with Gasteiger partial charge in [-0.1, -0.05) is 17.7 Å². The lowest BCUT2D eigenvalue weighted by Gasteiger charge is -2.44. The van der Waals surface area contributed by atoms with Crippen LogP contribution in [0.15, 0.2) is 42.6 Å². The second-order valence-corrected chi connectivity index (χ2v) is 11.4. The molecule has 40 heavy (non-hydrogen) atoms. The fraction of sp³-hybridized carbons (Fsp3) is 0.433. The van der Waals surface area contributed by atoms with Crippen molar-refractivity contribution in [3.63, 3.8) is 0 Å². The zero-order valence-corrected chi connectivity index (χ0v) is 25.5. The lowest BCUT2D eigenvalue weighted by Crippen LogP contribution is -2.55. The third-order valence-corrected chi connectivity index (χ3v) is 6.87. The third kappa shape index (κ3) is 6.95. The molecular weight excluding hydrogens is 530 g/mol. The van der Waals surface area contributed by atoms with Crippen molar-refractivity contribution in [2.24, 2.45) is 7.05 Å². The molecule has 10 heteroatoms. The molecule has 2 N–H and O–H groups in total. The number of carboxylic acids is 1. The Morgan fingerprint density at radius 1 is 1.12 bits per heavy atom. The highest BCUT2D eigenvalue weighted by atomic mass is 35.5. The number of anilines is 3. The van der Waals surface area contributed by atoms with E-state index in [1.165, 1.54) is 0 Å². The number of fused-ring (bicyclic) bond motifs is 2. The van der Waals surface area contributed by atoms with E-state index in [-0.39, 0.29) is 5.91 Å². The minimum absolute atomic E-state index is 0.180. The molecule has 2 aromatic carbocycles. The van der Waals surface area contributed by atoms with Gasteiger partial charge in [0.15, 0.2) is 5.72 Å². The lowest BCUT2D eigenvalue weighted by molar-refractivity contribution is -0.134. The van der Waals surface area contributed by atoms with Crippen molar-refractivity contribution < 1.29 is 19.4 Å². The quantitative estimate of drug-likeness (QED) is 0.322. The fourth-order valence-electron chi connectivity index (χ4n) is 5.37. The van der Waals surface area contributed by atoms with Gasteiger partial charge in [0, 0.05) is 31.6 Å². The van der Waals surface area contributed by atoms with Crippen molar-refractivity contribution in [2.75, 3.05) is 10.2 Å². The average Bonchev–Trinajstić information content (AvgIpc) is 3.06.